The molecule has 114 valence electrons. The Morgan fingerprint density at radius 1 is 1.00 bits per heavy atom. The standard InChI is InChI=1S/C17H36N2/c1-3-5-7-9-13-17(12-8-6-4-2)19-14-10-11-16(18)15-19/h16-17H,3-15,18H2,1-2H3/t16-,17?/m1/s1. The summed E-state index contributed by atoms with van der Waals surface area (Å²) in [6, 6.07) is 1.24. The molecule has 0 bridgehead atoms. The van der Waals surface area contributed by atoms with Crippen molar-refractivity contribution in [1.29, 1.82) is 0 Å². The van der Waals surface area contributed by atoms with Gasteiger partial charge in [-0.25, -0.2) is 0 Å². The Hall–Kier alpha value is -0.0800. The Balaban J connectivity index is 2.33. The third-order valence-corrected chi connectivity index (χ3v) is 4.54. The first kappa shape index (κ1) is 17.0. The number of hydrogen-bond acceptors (Lipinski definition) is 2. The number of nitrogens with zero attached hydrogens (tertiary/aromatic N) is 1. The van der Waals surface area contributed by atoms with E-state index >= 15 is 0 Å². The molecule has 0 saturated carbocycles. The van der Waals surface area contributed by atoms with Crippen LogP contribution in [0.1, 0.15) is 84.5 Å². The Kier molecular flexibility index (Phi) is 9.54. The van der Waals surface area contributed by atoms with Gasteiger partial charge < -0.3 is 5.73 Å². The van der Waals surface area contributed by atoms with Crippen molar-refractivity contribution in [2.75, 3.05) is 13.1 Å². The second-order valence-corrected chi connectivity index (χ2v) is 6.40. The van der Waals surface area contributed by atoms with Crippen LogP contribution in [0.25, 0.3) is 0 Å². The maximum atomic E-state index is 6.15. The molecule has 2 atom stereocenters. The highest BCUT2D eigenvalue weighted by Gasteiger charge is 2.23. The number of likely N-dealkylation sites (tertiary alicyclic amines) is 1. The predicted octanol–water partition coefficient (Wildman–Crippen LogP) is 4.33. The lowest BCUT2D eigenvalue weighted by Crippen LogP contribution is -2.47. The minimum atomic E-state index is 0.429. The molecular weight excluding hydrogens is 232 g/mol. The zero-order valence-electron chi connectivity index (χ0n) is 13.4. The monoisotopic (exact) mass is 268 g/mol. The highest BCUT2D eigenvalue weighted by Crippen LogP contribution is 2.21. The van der Waals surface area contributed by atoms with Gasteiger partial charge in [0.1, 0.15) is 0 Å². The number of nitrogens with two attached hydrogens (primary N) is 1. The van der Waals surface area contributed by atoms with Crippen LogP contribution in [0.2, 0.25) is 0 Å². The first-order chi connectivity index (χ1) is 9.27. The van der Waals surface area contributed by atoms with Gasteiger partial charge in [-0.3, -0.25) is 4.90 Å². The summed E-state index contributed by atoms with van der Waals surface area (Å²) in [6.45, 7) is 7.03. The summed E-state index contributed by atoms with van der Waals surface area (Å²) >= 11 is 0. The molecule has 0 aliphatic carbocycles. The zero-order chi connectivity index (χ0) is 13.9. The Labute approximate surface area is 121 Å². The average Bonchev–Trinajstić information content (AvgIpc) is 2.41. The van der Waals surface area contributed by atoms with E-state index in [4.69, 9.17) is 5.73 Å². The fraction of sp³-hybridized carbons (Fsp3) is 1.00. The zero-order valence-corrected chi connectivity index (χ0v) is 13.4. The average molecular weight is 268 g/mol. The molecule has 1 fully saturated rings. The maximum Gasteiger partial charge on any atom is 0.0168 e. The van der Waals surface area contributed by atoms with Crippen molar-refractivity contribution in [3.8, 4) is 0 Å². The second kappa shape index (κ2) is 10.7. The van der Waals surface area contributed by atoms with Crippen LogP contribution in [0.5, 0.6) is 0 Å². The van der Waals surface area contributed by atoms with Crippen molar-refractivity contribution in [3.05, 3.63) is 0 Å². The van der Waals surface area contributed by atoms with Gasteiger partial charge in [0.2, 0.25) is 0 Å². The van der Waals surface area contributed by atoms with Crippen LogP contribution in [0, 0.1) is 0 Å². The highest BCUT2D eigenvalue weighted by molar-refractivity contribution is 4.81. The molecular formula is C17H36N2. The molecule has 0 aromatic heterocycles. The number of piperidine rings is 1. The molecule has 1 heterocycles. The maximum absolute atomic E-state index is 6.15. The first-order valence-electron chi connectivity index (χ1n) is 8.77. The summed E-state index contributed by atoms with van der Waals surface area (Å²) in [5.41, 5.74) is 6.15. The van der Waals surface area contributed by atoms with Gasteiger partial charge in [-0.15, -0.1) is 0 Å². The van der Waals surface area contributed by atoms with E-state index in [9.17, 15) is 0 Å². The van der Waals surface area contributed by atoms with Crippen LogP contribution in [-0.2, 0) is 0 Å². The molecule has 0 aromatic carbocycles. The van der Waals surface area contributed by atoms with Crippen molar-refractivity contribution in [2.45, 2.75) is 96.6 Å². The number of unbranched alkanes of at least 4 members (excludes halogenated alkanes) is 5. The van der Waals surface area contributed by atoms with Crippen molar-refractivity contribution in [1.82, 2.24) is 4.90 Å². The van der Waals surface area contributed by atoms with E-state index in [0.717, 1.165) is 12.6 Å². The van der Waals surface area contributed by atoms with Crippen molar-refractivity contribution in [2.24, 2.45) is 5.73 Å². The van der Waals surface area contributed by atoms with E-state index in [1.54, 1.807) is 0 Å². The largest absolute Gasteiger partial charge is 0.327 e. The van der Waals surface area contributed by atoms with Gasteiger partial charge in [0.05, 0.1) is 0 Å². The molecule has 0 spiro atoms. The van der Waals surface area contributed by atoms with E-state index in [2.05, 4.69) is 18.7 Å². The van der Waals surface area contributed by atoms with Crippen LogP contribution in [0.3, 0.4) is 0 Å². The second-order valence-electron chi connectivity index (χ2n) is 6.40. The summed E-state index contributed by atoms with van der Waals surface area (Å²) in [5.74, 6) is 0. The Morgan fingerprint density at radius 3 is 2.26 bits per heavy atom. The molecule has 1 saturated heterocycles. The van der Waals surface area contributed by atoms with E-state index in [1.807, 2.05) is 0 Å². The van der Waals surface area contributed by atoms with Gasteiger partial charge in [-0.2, -0.15) is 0 Å². The van der Waals surface area contributed by atoms with Crippen LogP contribution < -0.4 is 5.73 Å². The minimum absolute atomic E-state index is 0.429. The molecule has 0 aromatic rings. The summed E-state index contributed by atoms with van der Waals surface area (Å²) < 4.78 is 0. The molecule has 2 nitrogen and oxygen atoms in total. The van der Waals surface area contributed by atoms with E-state index in [-0.39, 0.29) is 0 Å². The smallest absolute Gasteiger partial charge is 0.0168 e. The molecule has 19 heavy (non-hydrogen) atoms. The van der Waals surface area contributed by atoms with Gasteiger partial charge in [-0.1, -0.05) is 58.8 Å². The fourth-order valence-corrected chi connectivity index (χ4v) is 3.32. The molecule has 1 unspecified atom stereocenters. The third kappa shape index (κ3) is 7.31. The Morgan fingerprint density at radius 2 is 1.63 bits per heavy atom. The molecule has 0 radical (unpaired) electrons. The van der Waals surface area contributed by atoms with Crippen LogP contribution >= 0.6 is 0 Å². The van der Waals surface area contributed by atoms with Crippen molar-refractivity contribution in [3.63, 3.8) is 0 Å². The van der Waals surface area contributed by atoms with Gasteiger partial charge in [0.25, 0.3) is 0 Å². The van der Waals surface area contributed by atoms with Gasteiger partial charge in [-0.05, 0) is 32.2 Å². The van der Waals surface area contributed by atoms with E-state index in [1.165, 1.54) is 77.2 Å². The van der Waals surface area contributed by atoms with Crippen molar-refractivity contribution < 1.29 is 0 Å². The molecule has 2 heteroatoms. The van der Waals surface area contributed by atoms with E-state index < -0.39 is 0 Å². The van der Waals surface area contributed by atoms with E-state index in [0.29, 0.717) is 6.04 Å². The normalized spacial score (nSPS) is 22.6. The highest BCUT2D eigenvalue weighted by atomic mass is 15.2. The number of rotatable bonds is 10. The number of hydrogen-bond donors (Lipinski definition) is 1. The molecule has 1 aliphatic rings. The van der Waals surface area contributed by atoms with Gasteiger partial charge >= 0.3 is 0 Å². The minimum Gasteiger partial charge on any atom is -0.327 e. The lowest BCUT2D eigenvalue weighted by Gasteiger charge is -2.37. The lowest BCUT2D eigenvalue weighted by atomic mass is 9.96. The predicted molar refractivity (Wildman–Crippen MR) is 85.5 cm³/mol. The van der Waals surface area contributed by atoms with Gasteiger partial charge in [0.15, 0.2) is 0 Å². The third-order valence-electron chi connectivity index (χ3n) is 4.54. The van der Waals surface area contributed by atoms with Crippen LogP contribution in [0.15, 0.2) is 0 Å². The molecule has 0 amide bonds. The Bertz CT molecular complexity index is 205. The topological polar surface area (TPSA) is 29.3 Å². The summed E-state index contributed by atoms with van der Waals surface area (Å²) in [7, 11) is 0. The molecule has 1 aliphatic heterocycles. The van der Waals surface area contributed by atoms with Crippen molar-refractivity contribution >= 4 is 0 Å². The summed E-state index contributed by atoms with van der Waals surface area (Å²) in [4.78, 5) is 2.70. The van der Waals surface area contributed by atoms with Gasteiger partial charge in [0, 0.05) is 18.6 Å². The molecule has 2 N–H and O–H groups in total. The lowest BCUT2D eigenvalue weighted by molar-refractivity contribution is 0.130. The SMILES string of the molecule is CCCCCCC(CCCCC)N1CCC[C@@H](N)C1. The quantitative estimate of drug-likeness (QED) is 0.598. The fourth-order valence-electron chi connectivity index (χ4n) is 3.32. The van der Waals surface area contributed by atoms with Crippen LogP contribution in [0.4, 0.5) is 0 Å². The van der Waals surface area contributed by atoms with Crippen LogP contribution in [-0.4, -0.2) is 30.1 Å². The summed E-state index contributed by atoms with van der Waals surface area (Å²) in [5, 5.41) is 0. The molecule has 1 rings (SSSR count). The first-order valence-corrected chi connectivity index (χ1v) is 8.77. The summed E-state index contributed by atoms with van der Waals surface area (Å²) in [6.07, 6.45) is 15.0.